The Kier molecular flexibility index (Phi) is 4.69. The third-order valence-electron chi connectivity index (χ3n) is 3.19. The molecule has 4 heteroatoms. The van der Waals surface area contributed by atoms with Crippen LogP contribution in [0.25, 0.3) is 0 Å². The Morgan fingerprint density at radius 1 is 1.25 bits per heavy atom. The Labute approximate surface area is 119 Å². The highest BCUT2D eigenvalue weighted by atomic mass is 16.5. The van der Waals surface area contributed by atoms with E-state index in [1.807, 2.05) is 37.3 Å². The van der Waals surface area contributed by atoms with E-state index in [-0.39, 0.29) is 12.1 Å². The zero-order valence-electron chi connectivity index (χ0n) is 12.1. The summed E-state index contributed by atoms with van der Waals surface area (Å²) in [6.45, 7) is 3.99. The molecule has 2 atom stereocenters. The van der Waals surface area contributed by atoms with Crippen LogP contribution in [-0.4, -0.2) is 13.2 Å². The summed E-state index contributed by atoms with van der Waals surface area (Å²) in [7, 11) is 1.63. The lowest BCUT2D eigenvalue weighted by Crippen LogP contribution is -2.28. The SMILES string of the molecule is CCc1ccc(OC(c2ccco2)C(C)N)c(OC)c1. The van der Waals surface area contributed by atoms with Crippen LogP contribution in [0.15, 0.2) is 41.0 Å². The number of ether oxygens (including phenoxy) is 2. The molecular formula is C16H21NO3. The Hall–Kier alpha value is -1.94. The van der Waals surface area contributed by atoms with Crippen molar-refractivity contribution in [2.45, 2.75) is 32.4 Å². The van der Waals surface area contributed by atoms with E-state index in [0.29, 0.717) is 17.3 Å². The van der Waals surface area contributed by atoms with Gasteiger partial charge in [-0.05, 0) is 43.2 Å². The van der Waals surface area contributed by atoms with Crippen LogP contribution in [0.1, 0.15) is 31.3 Å². The van der Waals surface area contributed by atoms with Gasteiger partial charge in [0.2, 0.25) is 0 Å². The smallest absolute Gasteiger partial charge is 0.171 e. The Balaban J connectivity index is 2.27. The maximum absolute atomic E-state index is 6.00. The largest absolute Gasteiger partial charge is 0.493 e. The van der Waals surface area contributed by atoms with E-state index in [1.54, 1.807) is 13.4 Å². The first-order valence-corrected chi connectivity index (χ1v) is 6.78. The van der Waals surface area contributed by atoms with Crippen molar-refractivity contribution < 1.29 is 13.9 Å². The summed E-state index contributed by atoms with van der Waals surface area (Å²) in [6, 6.07) is 9.41. The van der Waals surface area contributed by atoms with Crippen molar-refractivity contribution in [3.8, 4) is 11.5 Å². The summed E-state index contributed by atoms with van der Waals surface area (Å²) < 4.78 is 16.8. The third kappa shape index (κ3) is 3.14. The Morgan fingerprint density at radius 2 is 2.05 bits per heavy atom. The number of furan rings is 1. The Bertz CT molecular complexity index is 535. The van der Waals surface area contributed by atoms with Crippen LogP contribution in [0.4, 0.5) is 0 Å². The van der Waals surface area contributed by atoms with Gasteiger partial charge < -0.3 is 19.6 Å². The summed E-state index contributed by atoms with van der Waals surface area (Å²) in [4.78, 5) is 0. The summed E-state index contributed by atoms with van der Waals surface area (Å²) in [5, 5.41) is 0. The summed E-state index contributed by atoms with van der Waals surface area (Å²) in [5.41, 5.74) is 7.20. The van der Waals surface area contributed by atoms with Crippen LogP contribution >= 0.6 is 0 Å². The van der Waals surface area contributed by atoms with E-state index in [4.69, 9.17) is 19.6 Å². The van der Waals surface area contributed by atoms with Gasteiger partial charge in [-0.25, -0.2) is 0 Å². The van der Waals surface area contributed by atoms with Gasteiger partial charge in [-0.3, -0.25) is 0 Å². The van der Waals surface area contributed by atoms with Gasteiger partial charge in [0.05, 0.1) is 13.4 Å². The number of benzene rings is 1. The topological polar surface area (TPSA) is 57.6 Å². The molecule has 1 heterocycles. The van der Waals surface area contributed by atoms with Crippen molar-refractivity contribution in [1.29, 1.82) is 0 Å². The molecule has 0 saturated heterocycles. The molecule has 0 amide bonds. The first kappa shape index (κ1) is 14.5. The molecule has 2 N–H and O–H groups in total. The number of hydrogen-bond donors (Lipinski definition) is 1. The van der Waals surface area contributed by atoms with Gasteiger partial charge in [-0.2, -0.15) is 0 Å². The highest BCUT2D eigenvalue weighted by Gasteiger charge is 2.22. The van der Waals surface area contributed by atoms with E-state index >= 15 is 0 Å². The number of hydrogen-bond acceptors (Lipinski definition) is 4. The average Bonchev–Trinajstić information content (AvgIpc) is 2.98. The molecular weight excluding hydrogens is 254 g/mol. The Morgan fingerprint density at radius 3 is 2.60 bits per heavy atom. The van der Waals surface area contributed by atoms with Gasteiger partial charge in [0.15, 0.2) is 17.6 Å². The van der Waals surface area contributed by atoms with Gasteiger partial charge in [0, 0.05) is 6.04 Å². The first-order valence-electron chi connectivity index (χ1n) is 6.78. The predicted molar refractivity (Wildman–Crippen MR) is 78.1 cm³/mol. The molecule has 2 rings (SSSR count). The molecule has 1 aromatic heterocycles. The van der Waals surface area contributed by atoms with Crippen LogP contribution in [0.5, 0.6) is 11.5 Å². The summed E-state index contributed by atoms with van der Waals surface area (Å²) in [6.07, 6.45) is 2.23. The molecule has 0 fully saturated rings. The van der Waals surface area contributed by atoms with Crippen LogP contribution in [0.3, 0.4) is 0 Å². The second-order valence-corrected chi connectivity index (χ2v) is 4.75. The normalized spacial score (nSPS) is 13.8. The van der Waals surface area contributed by atoms with Gasteiger partial charge in [-0.1, -0.05) is 13.0 Å². The van der Waals surface area contributed by atoms with E-state index in [1.165, 1.54) is 5.56 Å². The minimum absolute atomic E-state index is 0.197. The van der Waals surface area contributed by atoms with E-state index in [2.05, 4.69) is 6.92 Å². The van der Waals surface area contributed by atoms with Crippen molar-refractivity contribution >= 4 is 0 Å². The highest BCUT2D eigenvalue weighted by molar-refractivity contribution is 5.43. The van der Waals surface area contributed by atoms with Gasteiger partial charge in [0.1, 0.15) is 5.76 Å². The van der Waals surface area contributed by atoms with Crippen LogP contribution < -0.4 is 15.2 Å². The first-order chi connectivity index (χ1) is 9.65. The molecule has 20 heavy (non-hydrogen) atoms. The molecule has 4 nitrogen and oxygen atoms in total. The molecule has 1 aromatic carbocycles. The van der Waals surface area contributed by atoms with E-state index < -0.39 is 0 Å². The quantitative estimate of drug-likeness (QED) is 0.878. The van der Waals surface area contributed by atoms with E-state index in [0.717, 1.165) is 6.42 Å². The predicted octanol–water partition coefficient (Wildman–Crippen LogP) is 3.32. The minimum Gasteiger partial charge on any atom is -0.493 e. The molecule has 2 aromatic rings. The fourth-order valence-corrected chi connectivity index (χ4v) is 2.04. The van der Waals surface area contributed by atoms with E-state index in [9.17, 15) is 0 Å². The van der Waals surface area contributed by atoms with Gasteiger partial charge in [0.25, 0.3) is 0 Å². The molecule has 0 spiro atoms. The monoisotopic (exact) mass is 275 g/mol. The molecule has 0 aliphatic rings. The van der Waals surface area contributed by atoms with Crippen molar-refractivity contribution in [3.05, 3.63) is 47.9 Å². The van der Waals surface area contributed by atoms with Crippen LogP contribution in [0.2, 0.25) is 0 Å². The average molecular weight is 275 g/mol. The van der Waals surface area contributed by atoms with Gasteiger partial charge in [-0.15, -0.1) is 0 Å². The number of methoxy groups -OCH3 is 1. The summed E-state index contributed by atoms with van der Waals surface area (Å²) in [5.74, 6) is 2.09. The molecule has 0 aliphatic heterocycles. The lowest BCUT2D eigenvalue weighted by molar-refractivity contribution is 0.147. The molecule has 2 unspecified atom stereocenters. The van der Waals surface area contributed by atoms with Crippen LogP contribution in [-0.2, 0) is 6.42 Å². The number of rotatable bonds is 6. The molecule has 0 bridgehead atoms. The molecule has 108 valence electrons. The zero-order chi connectivity index (χ0) is 14.5. The highest BCUT2D eigenvalue weighted by Crippen LogP contribution is 2.33. The van der Waals surface area contributed by atoms with Crippen molar-refractivity contribution in [1.82, 2.24) is 0 Å². The maximum atomic E-state index is 6.00. The number of aryl methyl sites for hydroxylation is 1. The minimum atomic E-state index is -0.341. The van der Waals surface area contributed by atoms with Gasteiger partial charge >= 0.3 is 0 Å². The second kappa shape index (κ2) is 6.48. The summed E-state index contributed by atoms with van der Waals surface area (Å²) >= 11 is 0. The molecule has 0 radical (unpaired) electrons. The standard InChI is InChI=1S/C16H21NO3/c1-4-12-7-8-13(15(10-12)18-3)20-16(11(2)17)14-6-5-9-19-14/h5-11,16H,4,17H2,1-3H3. The molecule has 0 aliphatic carbocycles. The number of nitrogens with two attached hydrogens (primary N) is 1. The fraction of sp³-hybridized carbons (Fsp3) is 0.375. The maximum Gasteiger partial charge on any atom is 0.171 e. The zero-order valence-corrected chi connectivity index (χ0v) is 12.1. The van der Waals surface area contributed by atoms with Crippen molar-refractivity contribution in [3.63, 3.8) is 0 Å². The van der Waals surface area contributed by atoms with Crippen molar-refractivity contribution in [2.24, 2.45) is 5.73 Å². The van der Waals surface area contributed by atoms with Crippen molar-refractivity contribution in [2.75, 3.05) is 7.11 Å². The fourth-order valence-electron chi connectivity index (χ4n) is 2.04. The third-order valence-corrected chi connectivity index (χ3v) is 3.19. The lowest BCUT2D eigenvalue weighted by atomic mass is 10.1. The second-order valence-electron chi connectivity index (χ2n) is 4.75. The van der Waals surface area contributed by atoms with Crippen LogP contribution in [0, 0.1) is 0 Å². The molecule has 0 saturated carbocycles. The lowest BCUT2D eigenvalue weighted by Gasteiger charge is -2.22.